The van der Waals surface area contributed by atoms with Crippen LogP contribution in [-0.2, 0) is 19.3 Å². The zero-order valence-corrected chi connectivity index (χ0v) is 14.5. The van der Waals surface area contributed by atoms with Crippen LogP contribution in [0.1, 0.15) is 53.3 Å². The Labute approximate surface area is 152 Å². The number of nitrogens with zero attached hydrogens (tertiary/aromatic N) is 5. The lowest BCUT2D eigenvalue weighted by Crippen LogP contribution is -2.25. The maximum atomic E-state index is 13.4. The number of carbonyl (C=O) groups is 1. The van der Waals surface area contributed by atoms with Crippen LogP contribution in [0.2, 0.25) is 0 Å². The molecular formula is C17H17F3N6O. The molecule has 1 aliphatic rings. The summed E-state index contributed by atoms with van der Waals surface area (Å²) in [4.78, 5) is 16.6. The maximum absolute atomic E-state index is 13.4. The van der Waals surface area contributed by atoms with Crippen molar-refractivity contribution < 1.29 is 18.0 Å². The molecule has 7 nitrogen and oxygen atoms in total. The molecular weight excluding hydrogens is 361 g/mol. The van der Waals surface area contributed by atoms with Gasteiger partial charge in [0.25, 0.3) is 5.91 Å². The van der Waals surface area contributed by atoms with E-state index in [2.05, 4.69) is 20.5 Å². The van der Waals surface area contributed by atoms with Gasteiger partial charge in [0, 0.05) is 30.4 Å². The van der Waals surface area contributed by atoms with Crippen molar-refractivity contribution in [3.8, 4) is 0 Å². The van der Waals surface area contributed by atoms with Crippen molar-refractivity contribution in [3.05, 3.63) is 47.2 Å². The minimum absolute atomic E-state index is 0.0236. The van der Waals surface area contributed by atoms with Crippen molar-refractivity contribution in [2.45, 2.75) is 44.9 Å². The lowest BCUT2D eigenvalue weighted by Gasteiger charge is -2.10. The third-order valence-corrected chi connectivity index (χ3v) is 4.50. The van der Waals surface area contributed by atoms with Gasteiger partial charge in [-0.15, -0.1) is 0 Å². The number of rotatable bonds is 5. The molecule has 0 aliphatic heterocycles. The van der Waals surface area contributed by atoms with Crippen molar-refractivity contribution >= 4 is 11.6 Å². The number of fused-ring (bicyclic) bond motifs is 1. The number of halogens is 3. The van der Waals surface area contributed by atoms with Gasteiger partial charge in [-0.05, 0) is 31.9 Å². The Morgan fingerprint density at radius 3 is 2.78 bits per heavy atom. The van der Waals surface area contributed by atoms with Crippen molar-refractivity contribution in [1.29, 1.82) is 0 Å². The van der Waals surface area contributed by atoms with Gasteiger partial charge < -0.3 is 5.32 Å². The molecule has 1 aliphatic carbocycles. The second-order valence-corrected chi connectivity index (χ2v) is 6.46. The van der Waals surface area contributed by atoms with Crippen LogP contribution in [0.15, 0.2) is 24.4 Å². The number of aromatic nitrogens is 5. The van der Waals surface area contributed by atoms with E-state index in [1.54, 1.807) is 16.9 Å². The maximum Gasteiger partial charge on any atom is 0.433 e. The van der Waals surface area contributed by atoms with Crippen LogP contribution >= 0.6 is 0 Å². The lowest BCUT2D eigenvalue weighted by atomic mass is 10.2. The summed E-state index contributed by atoms with van der Waals surface area (Å²) in [5, 5.41) is 10.6. The van der Waals surface area contributed by atoms with Crippen LogP contribution in [0.25, 0.3) is 5.65 Å². The second-order valence-electron chi connectivity index (χ2n) is 6.46. The highest BCUT2D eigenvalue weighted by Gasteiger charge is 2.37. The monoisotopic (exact) mass is 378 g/mol. The topological polar surface area (TPSA) is 77.1 Å². The Morgan fingerprint density at radius 1 is 1.33 bits per heavy atom. The molecule has 4 rings (SSSR count). The third-order valence-electron chi connectivity index (χ3n) is 4.50. The Hall–Kier alpha value is -2.91. The summed E-state index contributed by atoms with van der Waals surface area (Å²) in [7, 11) is 0. The van der Waals surface area contributed by atoms with E-state index in [0.29, 0.717) is 16.8 Å². The standard InChI is InChI=1S/C17H17F3N6O/c1-2-25-11(5-6-22-25)9-21-16(27)13-8-15-23-12(10-3-4-10)7-14(17(18,19)20)26(15)24-13/h5-8,10H,2-4,9H2,1H3,(H,21,27). The zero-order chi connectivity index (χ0) is 19.2. The Kier molecular flexibility index (Phi) is 4.12. The molecule has 0 spiro atoms. The summed E-state index contributed by atoms with van der Waals surface area (Å²) in [5.74, 6) is -0.511. The van der Waals surface area contributed by atoms with Crippen LogP contribution in [0.3, 0.4) is 0 Å². The Bertz CT molecular complexity index is 1000. The molecule has 0 aromatic carbocycles. The zero-order valence-electron chi connectivity index (χ0n) is 14.5. The summed E-state index contributed by atoms with van der Waals surface area (Å²) in [5.41, 5.74) is 0.185. The van der Waals surface area contributed by atoms with Crippen molar-refractivity contribution in [1.82, 2.24) is 29.7 Å². The normalized spacial score (nSPS) is 14.7. The van der Waals surface area contributed by atoms with Crippen LogP contribution in [0, 0.1) is 0 Å². The SMILES string of the molecule is CCn1nccc1CNC(=O)c1cc2nc(C3CC3)cc(C(F)(F)F)n2n1. The Morgan fingerprint density at radius 2 is 2.11 bits per heavy atom. The first kappa shape index (κ1) is 17.5. The number of aryl methyl sites for hydroxylation is 1. The number of nitrogens with one attached hydrogen (secondary N) is 1. The molecule has 0 atom stereocenters. The van der Waals surface area contributed by atoms with Gasteiger partial charge in [-0.2, -0.15) is 23.4 Å². The van der Waals surface area contributed by atoms with Gasteiger partial charge in [0.05, 0.1) is 12.2 Å². The van der Waals surface area contributed by atoms with E-state index in [4.69, 9.17) is 0 Å². The first-order valence-electron chi connectivity index (χ1n) is 8.63. The molecule has 3 aromatic rings. The average Bonchev–Trinajstić information content (AvgIpc) is 3.22. The lowest BCUT2D eigenvalue weighted by molar-refractivity contribution is -0.142. The van der Waals surface area contributed by atoms with Crippen LogP contribution in [0.4, 0.5) is 13.2 Å². The first-order chi connectivity index (χ1) is 12.9. The van der Waals surface area contributed by atoms with Gasteiger partial charge in [-0.1, -0.05) is 0 Å². The number of hydrogen-bond donors (Lipinski definition) is 1. The Balaban J connectivity index is 1.63. The van der Waals surface area contributed by atoms with Gasteiger partial charge in [-0.3, -0.25) is 9.48 Å². The number of amides is 1. The van der Waals surface area contributed by atoms with E-state index in [9.17, 15) is 18.0 Å². The van der Waals surface area contributed by atoms with E-state index in [1.165, 1.54) is 6.07 Å². The molecule has 27 heavy (non-hydrogen) atoms. The minimum Gasteiger partial charge on any atom is -0.345 e. The fourth-order valence-electron chi connectivity index (χ4n) is 2.95. The molecule has 0 saturated heterocycles. The molecule has 1 fully saturated rings. The predicted molar refractivity (Wildman–Crippen MR) is 89.0 cm³/mol. The summed E-state index contributed by atoms with van der Waals surface area (Å²) in [6.07, 6.45) is -1.31. The van der Waals surface area contributed by atoms with Gasteiger partial charge in [0.1, 0.15) is 5.69 Å². The highest BCUT2D eigenvalue weighted by Crippen LogP contribution is 2.41. The highest BCUT2D eigenvalue weighted by atomic mass is 19.4. The molecule has 0 unspecified atom stereocenters. The van der Waals surface area contributed by atoms with Crippen LogP contribution in [0.5, 0.6) is 0 Å². The van der Waals surface area contributed by atoms with E-state index in [-0.39, 0.29) is 23.8 Å². The van der Waals surface area contributed by atoms with E-state index >= 15 is 0 Å². The third kappa shape index (κ3) is 3.38. The molecule has 3 heterocycles. The van der Waals surface area contributed by atoms with Gasteiger partial charge in [0.15, 0.2) is 11.3 Å². The van der Waals surface area contributed by atoms with Gasteiger partial charge in [-0.25, -0.2) is 9.50 Å². The van der Waals surface area contributed by atoms with Crippen molar-refractivity contribution in [2.75, 3.05) is 0 Å². The molecule has 1 saturated carbocycles. The van der Waals surface area contributed by atoms with Gasteiger partial charge >= 0.3 is 6.18 Å². The number of carbonyl (C=O) groups excluding carboxylic acids is 1. The molecule has 0 bridgehead atoms. The quantitative estimate of drug-likeness (QED) is 0.741. The van der Waals surface area contributed by atoms with Gasteiger partial charge in [0.2, 0.25) is 0 Å². The first-order valence-corrected chi connectivity index (χ1v) is 8.63. The summed E-state index contributed by atoms with van der Waals surface area (Å²) >= 11 is 0. The highest BCUT2D eigenvalue weighted by molar-refractivity contribution is 5.93. The summed E-state index contributed by atoms with van der Waals surface area (Å²) in [6.45, 7) is 2.77. The molecule has 3 aromatic heterocycles. The summed E-state index contributed by atoms with van der Waals surface area (Å²) in [6, 6.07) is 4.07. The van der Waals surface area contributed by atoms with Crippen LogP contribution < -0.4 is 5.32 Å². The number of alkyl halides is 3. The van der Waals surface area contributed by atoms with E-state index in [0.717, 1.165) is 24.6 Å². The predicted octanol–water partition coefficient (Wildman–Crippen LogP) is 2.77. The fraction of sp³-hybridized carbons (Fsp3) is 0.412. The minimum atomic E-state index is -4.59. The van der Waals surface area contributed by atoms with Crippen molar-refractivity contribution in [2.24, 2.45) is 0 Å². The average molecular weight is 378 g/mol. The largest absolute Gasteiger partial charge is 0.433 e. The molecule has 1 N–H and O–H groups in total. The smallest absolute Gasteiger partial charge is 0.345 e. The van der Waals surface area contributed by atoms with Crippen LogP contribution in [-0.4, -0.2) is 30.3 Å². The fourth-order valence-corrected chi connectivity index (χ4v) is 2.95. The molecule has 1 amide bonds. The number of hydrogen-bond acceptors (Lipinski definition) is 4. The molecule has 0 radical (unpaired) electrons. The van der Waals surface area contributed by atoms with E-state index < -0.39 is 17.8 Å². The van der Waals surface area contributed by atoms with Crippen molar-refractivity contribution in [3.63, 3.8) is 0 Å². The second kappa shape index (κ2) is 6.36. The molecule has 142 valence electrons. The van der Waals surface area contributed by atoms with E-state index in [1.807, 2.05) is 6.92 Å². The summed E-state index contributed by atoms with van der Waals surface area (Å²) < 4.78 is 42.6. The molecule has 10 heteroatoms.